The van der Waals surface area contributed by atoms with Gasteiger partial charge in [0.2, 0.25) is 0 Å². The van der Waals surface area contributed by atoms with Crippen molar-refractivity contribution in [1.29, 1.82) is 0 Å². The zero-order valence-electron chi connectivity index (χ0n) is 16.4. The Morgan fingerprint density at radius 1 is 0.968 bits per heavy atom. The molecule has 154 valence electrons. The topological polar surface area (TPSA) is 72.2 Å². The maximum atomic E-state index is 12.3. The average molecular weight is 448 g/mol. The van der Waals surface area contributed by atoms with Gasteiger partial charge in [-0.2, -0.15) is 5.10 Å². The molecule has 0 aliphatic rings. The maximum absolute atomic E-state index is 12.3. The van der Waals surface area contributed by atoms with Crippen LogP contribution in [-0.4, -0.2) is 32.6 Å². The third-order valence-electron chi connectivity index (χ3n) is 4.31. The van der Waals surface area contributed by atoms with Crippen LogP contribution in [0.4, 0.5) is 0 Å². The largest absolute Gasteiger partial charge is 0.272 e. The number of hydrazone groups is 1. The Labute approximate surface area is 189 Å². The summed E-state index contributed by atoms with van der Waals surface area (Å²) in [6, 6.07) is 26.9. The van der Waals surface area contributed by atoms with Crippen LogP contribution >= 0.6 is 23.4 Å². The van der Waals surface area contributed by atoms with E-state index < -0.39 is 0 Å². The minimum absolute atomic E-state index is 0.139. The predicted molar refractivity (Wildman–Crippen MR) is 125 cm³/mol. The van der Waals surface area contributed by atoms with Crippen molar-refractivity contribution in [1.82, 2.24) is 20.2 Å². The van der Waals surface area contributed by atoms with Crippen molar-refractivity contribution in [2.24, 2.45) is 5.10 Å². The van der Waals surface area contributed by atoms with Gasteiger partial charge in [0, 0.05) is 21.8 Å². The number of carbonyl (C=O) groups excluding carboxylic acids is 1. The molecule has 0 aliphatic heterocycles. The highest BCUT2D eigenvalue weighted by Gasteiger charge is 2.17. The molecule has 6 nitrogen and oxygen atoms in total. The van der Waals surface area contributed by atoms with E-state index in [4.69, 9.17) is 11.6 Å². The van der Waals surface area contributed by atoms with Crippen LogP contribution in [0.1, 0.15) is 5.56 Å². The lowest BCUT2D eigenvalue weighted by molar-refractivity contribution is -0.118. The smallest absolute Gasteiger partial charge is 0.250 e. The van der Waals surface area contributed by atoms with E-state index in [1.165, 1.54) is 18.0 Å². The number of hydrogen-bond donors (Lipinski definition) is 1. The number of halogens is 1. The fraction of sp³-hybridized carbons (Fsp3) is 0.0435. The molecule has 0 atom stereocenters. The molecule has 1 heterocycles. The van der Waals surface area contributed by atoms with Crippen LogP contribution in [0.5, 0.6) is 0 Å². The van der Waals surface area contributed by atoms with Gasteiger partial charge in [-0.3, -0.25) is 9.36 Å². The molecule has 1 aromatic heterocycles. The van der Waals surface area contributed by atoms with Crippen molar-refractivity contribution in [3.05, 3.63) is 95.5 Å². The van der Waals surface area contributed by atoms with Crippen molar-refractivity contribution in [2.75, 3.05) is 5.75 Å². The number of amides is 1. The standard InChI is InChI=1S/C23H18ClN5OS/c24-20-14-8-7-11-18(20)15-25-26-21(30)16-31-23-28-27-22(17-9-3-1-4-10-17)29(23)19-12-5-2-6-13-19/h1-15H,16H2,(H,26,30)/b25-15-. The molecule has 31 heavy (non-hydrogen) atoms. The molecule has 1 N–H and O–H groups in total. The average Bonchev–Trinajstić information content (AvgIpc) is 3.24. The summed E-state index contributed by atoms with van der Waals surface area (Å²) >= 11 is 7.38. The second-order valence-corrected chi connectivity index (χ2v) is 7.80. The van der Waals surface area contributed by atoms with Crippen molar-refractivity contribution in [3.8, 4) is 17.1 Å². The first-order valence-corrected chi connectivity index (χ1v) is 10.8. The van der Waals surface area contributed by atoms with Gasteiger partial charge in [-0.15, -0.1) is 10.2 Å². The molecule has 4 rings (SSSR count). The number of rotatable bonds is 7. The third-order valence-corrected chi connectivity index (χ3v) is 5.58. The lowest BCUT2D eigenvalue weighted by Gasteiger charge is -2.10. The van der Waals surface area contributed by atoms with E-state index in [2.05, 4.69) is 20.7 Å². The second kappa shape index (κ2) is 10.1. The first-order valence-electron chi connectivity index (χ1n) is 9.48. The third kappa shape index (κ3) is 5.20. The fourth-order valence-corrected chi connectivity index (χ4v) is 3.79. The zero-order valence-corrected chi connectivity index (χ0v) is 17.9. The summed E-state index contributed by atoms with van der Waals surface area (Å²) in [5, 5.41) is 13.9. The molecule has 0 saturated heterocycles. The van der Waals surface area contributed by atoms with Crippen LogP contribution in [0.15, 0.2) is 95.2 Å². The minimum Gasteiger partial charge on any atom is -0.272 e. The van der Waals surface area contributed by atoms with Crippen molar-refractivity contribution in [2.45, 2.75) is 5.16 Å². The second-order valence-electron chi connectivity index (χ2n) is 6.45. The Balaban J connectivity index is 1.49. The summed E-state index contributed by atoms with van der Waals surface area (Å²) < 4.78 is 1.94. The number of nitrogens with zero attached hydrogens (tertiary/aromatic N) is 4. The van der Waals surface area contributed by atoms with Gasteiger partial charge in [0.25, 0.3) is 5.91 Å². The summed E-state index contributed by atoms with van der Waals surface area (Å²) in [6.45, 7) is 0. The summed E-state index contributed by atoms with van der Waals surface area (Å²) in [5.74, 6) is 0.600. The number of benzene rings is 3. The Morgan fingerprint density at radius 2 is 1.65 bits per heavy atom. The fourth-order valence-electron chi connectivity index (χ4n) is 2.86. The summed E-state index contributed by atoms with van der Waals surface area (Å²) in [5.41, 5.74) is 5.12. The molecule has 3 aromatic carbocycles. The van der Waals surface area contributed by atoms with Crippen molar-refractivity contribution < 1.29 is 4.79 Å². The molecule has 0 saturated carbocycles. The van der Waals surface area contributed by atoms with Crippen LogP contribution in [0.3, 0.4) is 0 Å². The molecule has 4 aromatic rings. The highest BCUT2D eigenvalue weighted by molar-refractivity contribution is 7.99. The van der Waals surface area contributed by atoms with Gasteiger partial charge in [0.05, 0.1) is 12.0 Å². The highest BCUT2D eigenvalue weighted by atomic mass is 35.5. The zero-order chi connectivity index (χ0) is 21.5. The lowest BCUT2D eigenvalue weighted by Crippen LogP contribution is -2.20. The van der Waals surface area contributed by atoms with E-state index in [1.54, 1.807) is 6.07 Å². The number of carbonyl (C=O) groups is 1. The van der Waals surface area contributed by atoms with Gasteiger partial charge in [-0.1, -0.05) is 90.1 Å². The molecule has 8 heteroatoms. The minimum atomic E-state index is -0.253. The van der Waals surface area contributed by atoms with E-state index in [0.29, 0.717) is 16.0 Å². The first kappa shape index (κ1) is 20.8. The maximum Gasteiger partial charge on any atom is 0.250 e. The van der Waals surface area contributed by atoms with Crippen LogP contribution in [-0.2, 0) is 4.79 Å². The Hall–Kier alpha value is -3.42. The molecule has 1 amide bonds. The van der Waals surface area contributed by atoms with Gasteiger partial charge in [0.1, 0.15) is 0 Å². The number of hydrogen-bond acceptors (Lipinski definition) is 5. The Kier molecular flexibility index (Phi) is 6.76. The molecule has 0 aliphatic carbocycles. The van der Waals surface area contributed by atoms with Gasteiger partial charge < -0.3 is 0 Å². The van der Waals surface area contributed by atoms with E-state index in [9.17, 15) is 4.79 Å². The SMILES string of the molecule is O=C(CSc1nnc(-c2ccccc2)n1-c1ccccc1)N/N=C\c1ccccc1Cl. The molecule has 0 radical (unpaired) electrons. The number of para-hydroxylation sites is 1. The van der Waals surface area contributed by atoms with Crippen molar-refractivity contribution >= 4 is 35.5 Å². The van der Waals surface area contributed by atoms with Gasteiger partial charge in [-0.05, 0) is 18.2 Å². The summed E-state index contributed by atoms with van der Waals surface area (Å²) in [7, 11) is 0. The molecule has 0 spiro atoms. The number of thioether (sulfide) groups is 1. The van der Waals surface area contributed by atoms with Crippen LogP contribution in [0.2, 0.25) is 5.02 Å². The van der Waals surface area contributed by atoms with Gasteiger partial charge in [0.15, 0.2) is 11.0 Å². The quantitative estimate of drug-likeness (QED) is 0.250. The molecule has 0 unspecified atom stereocenters. The lowest BCUT2D eigenvalue weighted by atomic mass is 10.2. The summed E-state index contributed by atoms with van der Waals surface area (Å²) in [4.78, 5) is 12.3. The van der Waals surface area contributed by atoms with Crippen LogP contribution < -0.4 is 5.43 Å². The molecular formula is C23H18ClN5OS. The van der Waals surface area contributed by atoms with Crippen LogP contribution in [0.25, 0.3) is 17.1 Å². The normalized spacial score (nSPS) is 11.0. The van der Waals surface area contributed by atoms with Crippen molar-refractivity contribution in [3.63, 3.8) is 0 Å². The molecular weight excluding hydrogens is 430 g/mol. The Morgan fingerprint density at radius 3 is 2.39 bits per heavy atom. The van der Waals surface area contributed by atoms with Crippen LogP contribution in [0, 0.1) is 0 Å². The molecule has 0 bridgehead atoms. The Bertz CT molecular complexity index is 1200. The predicted octanol–water partition coefficient (Wildman–Crippen LogP) is 4.83. The first-order chi connectivity index (χ1) is 15.2. The van der Waals surface area contributed by atoms with E-state index in [1.807, 2.05) is 83.4 Å². The van der Waals surface area contributed by atoms with Gasteiger partial charge in [-0.25, -0.2) is 5.43 Å². The van der Waals surface area contributed by atoms with E-state index in [0.717, 1.165) is 16.8 Å². The monoisotopic (exact) mass is 447 g/mol. The van der Waals surface area contributed by atoms with E-state index >= 15 is 0 Å². The number of nitrogens with one attached hydrogen (secondary N) is 1. The van der Waals surface area contributed by atoms with E-state index in [-0.39, 0.29) is 11.7 Å². The number of aromatic nitrogens is 3. The highest BCUT2D eigenvalue weighted by Crippen LogP contribution is 2.27. The summed E-state index contributed by atoms with van der Waals surface area (Å²) in [6.07, 6.45) is 1.52. The van der Waals surface area contributed by atoms with Gasteiger partial charge >= 0.3 is 0 Å². The molecule has 0 fully saturated rings.